The Kier molecular flexibility index (Phi) is 13.5. The molecule has 2 rings (SSSR count). The highest BCUT2D eigenvalue weighted by Crippen LogP contribution is 2.23. The third-order valence-electron chi connectivity index (χ3n) is 6.85. The Morgan fingerprint density at radius 3 is 2.20 bits per heavy atom. The molecule has 0 bridgehead atoms. The lowest BCUT2D eigenvalue weighted by atomic mass is 9.88. The van der Waals surface area contributed by atoms with Gasteiger partial charge in [0.25, 0.3) is 11.8 Å². The van der Waals surface area contributed by atoms with Crippen LogP contribution in [0, 0.1) is 5.41 Å². The van der Waals surface area contributed by atoms with Crippen molar-refractivity contribution in [3.05, 3.63) is 42.0 Å². The van der Waals surface area contributed by atoms with E-state index >= 15 is 0 Å². The number of ether oxygens (including phenoxy) is 2. The van der Waals surface area contributed by atoms with Crippen molar-refractivity contribution >= 4 is 41.3 Å². The number of alkyl carbamates (subject to hydrolysis) is 1. The first kappa shape index (κ1) is 35.9. The van der Waals surface area contributed by atoms with Gasteiger partial charge >= 0.3 is 6.09 Å². The number of hydrogen-bond donors (Lipinski definition) is 4. The van der Waals surface area contributed by atoms with Gasteiger partial charge in [-0.3, -0.25) is 28.9 Å². The van der Waals surface area contributed by atoms with E-state index in [9.17, 15) is 28.8 Å². The number of amides is 6. The van der Waals surface area contributed by atoms with E-state index in [1.165, 1.54) is 19.1 Å². The second-order valence-electron chi connectivity index (χ2n) is 11.9. The molecular formula is C31H45N5O8. The summed E-state index contributed by atoms with van der Waals surface area (Å²) in [5.74, 6) is -2.14. The van der Waals surface area contributed by atoms with Crippen molar-refractivity contribution in [2.75, 3.05) is 31.6 Å². The third-order valence-corrected chi connectivity index (χ3v) is 6.85. The number of rotatable bonds is 17. The first-order valence-electron chi connectivity index (χ1n) is 14.7. The van der Waals surface area contributed by atoms with Gasteiger partial charge in [-0.1, -0.05) is 39.3 Å². The molecule has 242 valence electrons. The monoisotopic (exact) mass is 615 g/mol. The van der Waals surface area contributed by atoms with Gasteiger partial charge in [-0.15, -0.1) is 0 Å². The number of unbranched alkanes of at least 4 members (excludes halogenated alkanes) is 1. The van der Waals surface area contributed by atoms with E-state index in [-0.39, 0.29) is 32.2 Å². The number of imide groups is 1. The molecular weight excluding hydrogens is 570 g/mol. The SMILES string of the molecule is CCCCNC(=O)OCc1ccc(NC(=O)C(C)NC(=O)CNC(=O)C(C)(C)CCOC(C)(C)CN2C(=O)C=CC2=O)cc1. The fourth-order valence-electron chi connectivity index (χ4n) is 3.97. The third kappa shape index (κ3) is 12.2. The van der Waals surface area contributed by atoms with Gasteiger partial charge in [0.2, 0.25) is 17.7 Å². The Hall–Kier alpha value is -4.26. The molecule has 4 N–H and O–H groups in total. The summed E-state index contributed by atoms with van der Waals surface area (Å²) in [6.07, 6.45) is 4.10. The van der Waals surface area contributed by atoms with Crippen LogP contribution in [0.3, 0.4) is 0 Å². The Morgan fingerprint density at radius 2 is 1.59 bits per heavy atom. The fourth-order valence-corrected chi connectivity index (χ4v) is 3.97. The lowest BCUT2D eigenvalue weighted by Crippen LogP contribution is -2.48. The number of hydrogen-bond acceptors (Lipinski definition) is 8. The van der Waals surface area contributed by atoms with Crippen LogP contribution in [0.15, 0.2) is 36.4 Å². The summed E-state index contributed by atoms with van der Waals surface area (Å²) in [6, 6.07) is 5.89. The first-order valence-corrected chi connectivity index (χ1v) is 14.7. The number of benzene rings is 1. The van der Waals surface area contributed by atoms with Crippen LogP contribution in [0.25, 0.3) is 0 Å². The molecule has 1 aromatic rings. The van der Waals surface area contributed by atoms with Gasteiger partial charge in [-0.05, 0) is 51.3 Å². The van der Waals surface area contributed by atoms with Crippen LogP contribution in [0.1, 0.15) is 66.4 Å². The van der Waals surface area contributed by atoms with Crippen molar-refractivity contribution in [3.8, 4) is 0 Å². The molecule has 1 atom stereocenters. The number of nitrogens with one attached hydrogen (secondary N) is 4. The van der Waals surface area contributed by atoms with Crippen LogP contribution in [0.5, 0.6) is 0 Å². The molecule has 0 saturated carbocycles. The topological polar surface area (TPSA) is 172 Å². The summed E-state index contributed by atoms with van der Waals surface area (Å²) in [5.41, 5.74) is -0.446. The predicted octanol–water partition coefficient (Wildman–Crippen LogP) is 2.41. The van der Waals surface area contributed by atoms with E-state index in [1.807, 2.05) is 6.92 Å². The van der Waals surface area contributed by atoms with Gasteiger partial charge in [0.1, 0.15) is 12.6 Å². The average Bonchev–Trinajstić information content (AvgIpc) is 3.26. The minimum absolute atomic E-state index is 0.0792. The molecule has 1 aliphatic heterocycles. The van der Waals surface area contributed by atoms with Crippen molar-refractivity contribution in [2.24, 2.45) is 5.41 Å². The van der Waals surface area contributed by atoms with E-state index in [1.54, 1.807) is 52.0 Å². The molecule has 0 radical (unpaired) electrons. The molecule has 0 saturated heterocycles. The Bertz CT molecular complexity index is 1210. The molecule has 6 amide bonds. The molecule has 1 aliphatic rings. The highest BCUT2D eigenvalue weighted by molar-refractivity contribution is 6.12. The van der Waals surface area contributed by atoms with E-state index < -0.39 is 46.8 Å². The maximum absolute atomic E-state index is 12.8. The van der Waals surface area contributed by atoms with Crippen molar-refractivity contribution in [1.82, 2.24) is 20.9 Å². The second-order valence-corrected chi connectivity index (χ2v) is 11.9. The zero-order valence-electron chi connectivity index (χ0n) is 26.4. The van der Waals surface area contributed by atoms with Gasteiger partial charge in [0, 0.05) is 36.4 Å². The number of nitrogens with zero attached hydrogens (tertiary/aromatic N) is 1. The maximum atomic E-state index is 12.8. The molecule has 0 spiro atoms. The average molecular weight is 616 g/mol. The van der Waals surface area contributed by atoms with Gasteiger partial charge in [0.05, 0.1) is 18.7 Å². The molecule has 0 aliphatic carbocycles. The number of anilines is 1. The van der Waals surface area contributed by atoms with Crippen LogP contribution in [-0.4, -0.2) is 78.4 Å². The van der Waals surface area contributed by atoms with Crippen molar-refractivity contribution in [1.29, 1.82) is 0 Å². The zero-order chi connectivity index (χ0) is 32.9. The second kappa shape index (κ2) is 16.6. The van der Waals surface area contributed by atoms with Crippen LogP contribution >= 0.6 is 0 Å². The Morgan fingerprint density at radius 1 is 0.955 bits per heavy atom. The first-order chi connectivity index (χ1) is 20.6. The summed E-state index contributed by atoms with van der Waals surface area (Å²) in [4.78, 5) is 74.1. The molecule has 1 heterocycles. The van der Waals surface area contributed by atoms with E-state index in [4.69, 9.17) is 9.47 Å². The maximum Gasteiger partial charge on any atom is 0.407 e. The number of carbonyl (C=O) groups excluding carboxylic acids is 6. The zero-order valence-corrected chi connectivity index (χ0v) is 26.4. The summed E-state index contributed by atoms with van der Waals surface area (Å²) < 4.78 is 11.0. The minimum Gasteiger partial charge on any atom is -0.445 e. The summed E-state index contributed by atoms with van der Waals surface area (Å²) in [7, 11) is 0. The molecule has 13 nitrogen and oxygen atoms in total. The Balaban J connectivity index is 1.71. The molecule has 0 aromatic heterocycles. The molecule has 44 heavy (non-hydrogen) atoms. The van der Waals surface area contributed by atoms with Crippen LogP contribution < -0.4 is 21.3 Å². The van der Waals surface area contributed by atoms with Crippen molar-refractivity contribution < 1.29 is 38.2 Å². The summed E-state index contributed by atoms with van der Waals surface area (Å²) in [6.45, 7) is 11.1. The van der Waals surface area contributed by atoms with Crippen LogP contribution in [0.4, 0.5) is 10.5 Å². The minimum atomic E-state index is -0.879. The molecule has 13 heteroatoms. The van der Waals surface area contributed by atoms with Crippen LogP contribution in [0.2, 0.25) is 0 Å². The van der Waals surface area contributed by atoms with E-state index in [0.717, 1.165) is 23.3 Å². The van der Waals surface area contributed by atoms with Crippen LogP contribution in [-0.2, 0) is 40.1 Å². The Labute approximate surface area is 258 Å². The molecule has 1 unspecified atom stereocenters. The standard InChI is InChI=1S/C31H45N5O8/c1-7-8-16-32-29(42)43-19-22-9-11-23(12-10-22)35-27(40)21(2)34-24(37)18-33-28(41)30(3,4)15-17-44-31(5,6)20-36-25(38)13-14-26(36)39/h9-14,21H,7-8,15-20H2,1-6H3,(H,32,42)(H,33,41)(H,34,37)(H,35,40). The molecule has 0 fully saturated rings. The summed E-state index contributed by atoms with van der Waals surface area (Å²) in [5, 5.41) is 10.5. The smallest absolute Gasteiger partial charge is 0.407 e. The van der Waals surface area contributed by atoms with Gasteiger partial charge in [-0.25, -0.2) is 4.79 Å². The van der Waals surface area contributed by atoms with Crippen molar-refractivity contribution in [2.45, 2.75) is 79.1 Å². The molecule has 1 aromatic carbocycles. The predicted molar refractivity (Wildman–Crippen MR) is 163 cm³/mol. The fraction of sp³-hybridized carbons (Fsp3) is 0.548. The van der Waals surface area contributed by atoms with E-state index in [0.29, 0.717) is 18.7 Å². The van der Waals surface area contributed by atoms with E-state index in [2.05, 4.69) is 21.3 Å². The lowest BCUT2D eigenvalue weighted by molar-refractivity contribution is -0.142. The quantitative estimate of drug-likeness (QED) is 0.153. The number of carbonyl (C=O) groups is 6. The summed E-state index contributed by atoms with van der Waals surface area (Å²) >= 11 is 0. The highest BCUT2D eigenvalue weighted by Gasteiger charge is 2.33. The van der Waals surface area contributed by atoms with Gasteiger partial charge in [-0.2, -0.15) is 0 Å². The highest BCUT2D eigenvalue weighted by atomic mass is 16.5. The lowest BCUT2D eigenvalue weighted by Gasteiger charge is -2.31. The largest absolute Gasteiger partial charge is 0.445 e. The van der Waals surface area contributed by atoms with Gasteiger partial charge < -0.3 is 30.7 Å². The van der Waals surface area contributed by atoms with Crippen molar-refractivity contribution in [3.63, 3.8) is 0 Å². The normalized spacial score (nSPS) is 13.8. The van der Waals surface area contributed by atoms with Gasteiger partial charge in [0.15, 0.2) is 0 Å².